The molecule has 0 bridgehead atoms. The van der Waals surface area contributed by atoms with E-state index in [9.17, 15) is 18.5 Å². The van der Waals surface area contributed by atoms with Gasteiger partial charge in [0.05, 0.1) is 16.9 Å². The van der Waals surface area contributed by atoms with Gasteiger partial charge in [-0.3, -0.25) is 10.1 Å². The quantitative estimate of drug-likeness (QED) is 0.601. The largest absolute Gasteiger partial charge is 0.490 e. The molecule has 0 aliphatic carbocycles. The molecular formula is C13H20ClN3O5S. The minimum Gasteiger partial charge on any atom is -0.490 e. The van der Waals surface area contributed by atoms with E-state index in [2.05, 4.69) is 10.0 Å². The van der Waals surface area contributed by atoms with Gasteiger partial charge in [-0.05, 0) is 31.0 Å². The van der Waals surface area contributed by atoms with E-state index in [1.165, 1.54) is 19.2 Å². The molecule has 1 aliphatic rings. The third-order valence-electron chi connectivity index (χ3n) is 3.79. The smallest absolute Gasteiger partial charge is 0.312 e. The van der Waals surface area contributed by atoms with Crippen molar-refractivity contribution in [3.05, 3.63) is 28.3 Å². The van der Waals surface area contributed by atoms with Crippen LogP contribution in [0.3, 0.4) is 0 Å². The molecular weight excluding hydrogens is 346 g/mol. The highest BCUT2D eigenvalue weighted by Crippen LogP contribution is 2.29. The summed E-state index contributed by atoms with van der Waals surface area (Å²) in [5.41, 5.74) is -0.375. The Bertz CT molecular complexity index is 668. The first kappa shape index (κ1) is 19.6. The summed E-state index contributed by atoms with van der Waals surface area (Å²) in [4.78, 5) is 10.2. The van der Waals surface area contributed by atoms with Gasteiger partial charge in [-0.1, -0.05) is 6.92 Å². The number of sulfonamides is 1. The molecule has 2 rings (SSSR count). The molecule has 23 heavy (non-hydrogen) atoms. The number of piperidine rings is 1. The van der Waals surface area contributed by atoms with Crippen molar-refractivity contribution in [1.29, 1.82) is 0 Å². The van der Waals surface area contributed by atoms with Crippen LogP contribution in [0.15, 0.2) is 23.1 Å². The zero-order valence-electron chi connectivity index (χ0n) is 12.8. The van der Waals surface area contributed by atoms with Crippen LogP contribution >= 0.6 is 12.4 Å². The zero-order chi connectivity index (χ0) is 16.3. The Kier molecular flexibility index (Phi) is 6.75. The standard InChI is InChI=1S/C13H19N3O5S.ClH/c1-9-5-6-14-8-11(9)15-22(19,20)10-3-4-13(21-2)12(7-10)16(17)18;/h3-4,7,9,11,14-15H,5-6,8H2,1-2H3;1H. The van der Waals surface area contributed by atoms with Gasteiger partial charge in [-0.15, -0.1) is 12.4 Å². The van der Waals surface area contributed by atoms with E-state index in [1.54, 1.807) is 0 Å². The topological polar surface area (TPSA) is 111 Å². The predicted molar refractivity (Wildman–Crippen MR) is 87.7 cm³/mol. The highest BCUT2D eigenvalue weighted by atomic mass is 35.5. The molecule has 1 aliphatic heterocycles. The number of methoxy groups -OCH3 is 1. The van der Waals surface area contributed by atoms with Gasteiger partial charge in [0.15, 0.2) is 5.75 Å². The molecule has 1 saturated heterocycles. The summed E-state index contributed by atoms with van der Waals surface area (Å²) in [5.74, 6) is 0.223. The van der Waals surface area contributed by atoms with Crippen molar-refractivity contribution >= 4 is 28.1 Å². The number of hydrogen-bond donors (Lipinski definition) is 2. The normalized spacial score (nSPS) is 21.3. The second kappa shape index (κ2) is 7.91. The summed E-state index contributed by atoms with van der Waals surface area (Å²) >= 11 is 0. The fourth-order valence-corrected chi connectivity index (χ4v) is 3.76. The lowest BCUT2D eigenvalue weighted by Crippen LogP contribution is -2.50. The number of nitro benzene ring substituents is 1. The molecule has 1 aromatic rings. The van der Waals surface area contributed by atoms with Crippen molar-refractivity contribution in [3.63, 3.8) is 0 Å². The Morgan fingerprint density at radius 3 is 2.70 bits per heavy atom. The van der Waals surface area contributed by atoms with Crippen molar-refractivity contribution < 1.29 is 18.1 Å². The van der Waals surface area contributed by atoms with Crippen molar-refractivity contribution in [2.24, 2.45) is 5.92 Å². The Balaban J connectivity index is 0.00000264. The predicted octanol–water partition coefficient (Wildman–Crippen LogP) is 1.30. The summed E-state index contributed by atoms with van der Waals surface area (Å²) in [6.07, 6.45) is 0.871. The summed E-state index contributed by atoms with van der Waals surface area (Å²) in [5, 5.41) is 14.1. The molecule has 1 aromatic carbocycles. The fraction of sp³-hybridized carbons (Fsp3) is 0.538. The monoisotopic (exact) mass is 365 g/mol. The van der Waals surface area contributed by atoms with E-state index in [4.69, 9.17) is 4.74 Å². The van der Waals surface area contributed by atoms with Gasteiger partial charge in [0.25, 0.3) is 0 Å². The van der Waals surface area contributed by atoms with E-state index >= 15 is 0 Å². The number of rotatable bonds is 5. The maximum atomic E-state index is 12.4. The van der Waals surface area contributed by atoms with Gasteiger partial charge in [-0.2, -0.15) is 0 Å². The van der Waals surface area contributed by atoms with Crippen molar-refractivity contribution in [3.8, 4) is 5.75 Å². The molecule has 8 nitrogen and oxygen atoms in total. The number of nitro groups is 1. The maximum Gasteiger partial charge on any atom is 0.312 e. The molecule has 1 heterocycles. The number of ether oxygens (including phenoxy) is 1. The first-order valence-corrected chi connectivity index (χ1v) is 8.39. The summed E-state index contributed by atoms with van der Waals surface area (Å²) in [6, 6.07) is 3.37. The lowest BCUT2D eigenvalue weighted by molar-refractivity contribution is -0.386. The van der Waals surface area contributed by atoms with Crippen LogP contribution in [-0.2, 0) is 10.0 Å². The number of halogens is 1. The maximum absolute atomic E-state index is 12.4. The van der Waals surface area contributed by atoms with Gasteiger partial charge in [-0.25, -0.2) is 13.1 Å². The first-order valence-electron chi connectivity index (χ1n) is 6.90. The van der Waals surface area contributed by atoms with Gasteiger partial charge in [0.2, 0.25) is 10.0 Å². The molecule has 2 atom stereocenters. The third kappa shape index (κ3) is 4.54. The lowest BCUT2D eigenvalue weighted by Gasteiger charge is -2.29. The molecule has 2 N–H and O–H groups in total. The average molecular weight is 366 g/mol. The Labute approximate surface area is 141 Å². The summed E-state index contributed by atoms with van der Waals surface area (Å²) in [7, 11) is -2.53. The van der Waals surface area contributed by atoms with Crippen LogP contribution in [-0.4, -0.2) is 39.6 Å². The molecule has 0 spiro atoms. The number of nitrogens with zero attached hydrogens (tertiary/aromatic N) is 1. The molecule has 0 radical (unpaired) electrons. The van der Waals surface area contributed by atoms with E-state index in [1.807, 2.05) is 6.92 Å². The molecule has 0 aromatic heterocycles. The van der Waals surface area contributed by atoms with E-state index in [0.717, 1.165) is 19.0 Å². The highest BCUT2D eigenvalue weighted by molar-refractivity contribution is 7.89. The number of hydrogen-bond acceptors (Lipinski definition) is 6. The minimum atomic E-state index is -3.82. The Hall–Kier alpha value is -1.42. The Morgan fingerprint density at radius 1 is 1.43 bits per heavy atom. The minimum absolute atomic E-state index is 0. The first-order chi connectivity index (χ1) is 10.3. The van der Waals surface area contributed by atoms with Crippen LogP contribution in [0.25, 0.3) is 0 Å². The van der Waals surface area contributed by atoms with Crippen molar-refractivity contribution in [1.82, 2.24) is 10.0 Å². The third-order valence-corrected chi connectivity index (χ3v) is 5.28. The molecule has 0 saturated carbocycles. The fourth-order valence-electron chi connectivity index (χ4n) is 2.39. The van der Waals surface area contributed by atoms with Crippen LogP contribution in [0, 0.1) is 16.0 Å². The number of nitrogens with one attached hydrogen (secondary N) is 2. The van der Waals surface area contributed by atoms with Crippen LogP contribution < -0.4 is 14.8 Å². The summed E-state index contributed by atoms with van der Waals surface area (Å²) < 4.78 is 32.3. The lowest BCUT2D eigenvalue weighted by atomic mass is 9.96. The summed E-state index contributed by atoms with van der Waals surface area (Å²) in [6.45, 7) is 3.37. The van der Waals surface area contributed by atoms with E-state index in [0.29, 0.717) is 6.54 Å². The van der Waals surface area contributed by atoms with Crippen LogP contribution in [0.4, 0.5) is 5.69 Å². The zero-order valence-corrected chi connectivity index (χ0v) is 14.4. The second-order valence-electron chi connectivity index (χ2n) is 5.29. The average Bonchev–Trinajstić information content (AvgIpc) is 2.48. The van der Waals surface area contributed by atoms with Gasteiger partial charge in [0.1, 0.15) is 0 Å². The molecule has 2 unspecified atom stereocenters. The van der Waals surface area contributed by atoms with Crippen LogP contribution in [0.1, 0.15) is 13.3 Å². The van der Waals surface area contributed by atoms with E-state index < -0.39 is 14.9 Å². The number of benzene rings is 1. The molecule has 0 amide bonds. The second-order valence-corrected chi connectivity index (χ2v) is 7.00. The molecule has 130 valence electrons. The van der Waals surface area contributed by atoms with Crippen molar-refractivity contribution in [2.75, 3.05) is 20.2 Å². The van der Waals surface area contributed by atoms with Crippen LogP contribution in [0.5, 0.6) is 5.75 Å². The SMILES string of the molecule is COc1ccc(S(=O)(=O)NC2CNCCC2C)cc1[N+](=O)[O-].Cl. The molecule has 1 fully saturated rings. The Morgan fingerprint density at radius 2 is 2.13 bits per heavy atom. The highest BCUT2D eigenvalue weighted by Gasteiger charge is 2.28. The van der Waals surface area contributed by atoms with Crippen molar-refractivity contribution in [2.45, 2.75) is 24.3 Å². The molecule has 10 heteroatoms. The van der Waals surface area contributed by atoms with Crippen LogP contribution in [0.2, 0.25) is 0 Å². The van der Waals surface area contributed by atoms with Gasteiger partial charge >= 0.3 is 5.69 Å². The van der Waals surface area contributed by atoms with Gasteiger partial charge < -0.3 is 10.1 Å². The van der Waals surface area contributed by atoms with E-state index in [-0.39, 0.29) is 40.7 Å². The van der Waals surface area contributed by atoms with Gasteiger partial charge in [0, 0.05) is 18.7 Å².